The van der Waals surface area contributed by atoms with Gasteiger partial charge < -0.3 is 15.4 Å². The minimum Gasteiger partial charge on any atom is -0.493 e. The lowest BCUT2D eigenvalue weighted by molar-refractivity contribution is -0.111. The standard InChI is InChI=1S/C19H19ClN2O3/c1-3-25-17-7-5-4-6-13(17)8-11-18(23)22-14-9-10-16(20)15(12-14)19(24)21-2/h4-12H,3H2,1-2H3,(H,21,24)(H,22,23)/b11-8+. The van der Waals surface area contributed by atoms with Crippen LogP contribution in [0.5, 0.6) is 5.75 Å². The topological polar surface area (TPSA) is 67.4 Å². The van der Waals surface area contributed by atoms with Crippen LogP contribution in [0.1, 0.15) is 22.8 Å². The number of amides is 2. The molecule has 0 fully saturated rings. The minimum absolute atomic E-state index is 0.299. The highest BCUT2D eigenvalue weighted by Crippen LogP contribution is 2.21. The summed E-state index contributed by atoms with van der Waals surface area (Å²) in [5.41, 5.74) is 1.59. The van der Waals surface area contributed by atoms with E-state index in [-0.39, 0.29) is 11.8 Å². The van der Waals surface area contributed by atoms with Crippen LogP contribution in [0.4, 0.5) is 5.69 Å². The maximum Gasteiger partial charge on any atom is 0.252 e. The Balaban J connectivity index is 2.12. The van der Waals surface area contributed by atoms with Crippen LogP contribution < -0.4 is 15.4 Å². The Bertz CT molecular complexity index is 803. The van der Waals surface area contributed by atoms with Gasteiger partial charge >= 0.3 is 0 Å². The van der Waals surface area contributed by atoms with E-state index in [2.05, 4.69) is 10.6 Å². The Hall–Kier alpha value is -2.79. The first-order valence-electron chi connectivity index (χ1n) is 7.77. The fourth-order valence-corrected chi connectivity index (χ4v) is 2.37. The second-order valence-corrected chi connectivity index (χ2v) is 5.47. The number of anilines is 1. The first-order chi connectivity index (χ1) is 12.0. The third kappa shape index (κ3) is 5.09. The summed E-state index contributed by atoms with van der Waals surface area (Å²) in [6.07, 6.45) is 3.09. The van der Waals surface area contributed by atoms with E-state index in [1.807, 2.05) is 31.2 Å². The van der Waals surface area contributed by atoms with Gasteiger partial charge in [0.2, 0.25) is 5.91 Å². The molecule has 0 saturated carbocycles. The number of para-hydroxylation sites is 1. The van der Waals surface area contributed by atoms with Crippen molar-refractivity contribution in [2.24, 2.45) is 0 Å². The van der Waals surface area contributed by atoms with Gasteiger partial charge in [-0.05, 0) is 37.3 Å². The average molecular weight is 359 g/mol. The number of hydrogen-bond acceptors (Lipinski definition) is 3. The normalized spacial score (nSPS) is 10.5. The fraction of sp³-hybridized carbons (Fsp3) is 0.158. The molecule has 0 heterocycles. The summed E-state index contributed by atoms with van der Waals surface area (Å²) < 4.78 is 5.51. The summed E-state index contributed by atoms with van der Waals surface area (Å²) in [6.45, 7) is 2.45. The molecule has 0 saturated heterocycles. The van der Waals surface area contributed by atoms with E-state index < -0.39 is 0 Å². The van der Waals surface area contributed by atoms with E-state index in [0.29, 0.717) is 28.6 Å². The first-order valence-corrected chi connectivity index (χ1v) is 8.15. The van der Waals surface area contributed by atoms with Crippen molar-refractivity contribution in [2.45, 2.75) is 6.92 Å². The highest BCUT2D eigenvalue weighted by atomic mass is 35.5. The molecule has 0 spiro atoms. The summed E-state index contributed by atoms with van der Waals surface area (Å²) in [4.78, 5) is 23.9. The first kappa shape index (κ1) is 18.5. The fourth-order valence-electron chi connectivity index (χ4n) is 2.17. The molecular weight excluding hydrogens is 340 g/mol. The molecule has 2 aromatic rings. The van der Waals surface area contributed by atoms with Crippen molar-refractivity contribution in [3.63, 3.8) is 0 Å². The molecule has 2 N–H and O–H groups in total. The van der Waals surface area contributed by atoms with Crippen LogP contribution in [0.2, 0.25) is 5.02 Å². The number of hydrogen-bond donors (Lipinski definition) is 2. The number of ether oxygens (including phenoxy) is 1. The molecule has 2 rings (SSSR count). The molecule has 5 nitrogen and oxygen atoms in total. The van der Waals surface area contributed by atoms with Gasteiger partial charge in [0.05, 0.1) is 17.2 Å². The van der Waals surface area contributed by atoms with Crippen LogP contribution in [0, 0.1) is 0 Å². The summed E-state index contributed by atoms with van der Waals surface area (Å²) in [7, 11) is 1.52. The second-order valence-electron chi connectivity index (χ2n) is 5.07. The number of nitrogens with one attached hydrogen (secondary N) is 2. The van der Waals surface area contributed by atoms with Crippen molar-refractivity contribution in [3.8, 4) is 5.75 Å². The SMILES string of the molecule is CCOc1ccccc1/C=C/C(=O)Nc1ccc(Cl)c(C(=O)NC)c1. The zero-order chi connectivity index (χ0) is 18.2. The van der Waals surface area contributed by atoms with E-state index in [9.17, 15) is 9.59 Å². The molecule has 0 aliphatic carbocycles. The van der Waals surface area contributed by atoms with E-state index in [4.69, 9.17) is 16.3 Å². The Labute approximate surface area is 151 Å². The number of carbonyl (C=O) groups is 2. The predicted octanol–water partition coefficient (Wildman–Crippen LogP) is 3.75. The minimum atomic E-state index is -0.323. The van der Waals surface area contributed by atoms with Gasteiger partial charge in [0, 0.05) is 24.4 Å². The van der Waals surface area contributed by atoms with Crippen molar-refractivity contribution in [1.29, 1.82) is 0 Å². The molecule has 0 aliphatic heterocycles. The maximum absolute atomic E-state index is 12.1. The van der Waals surface area contributed by atoms with E-state index in [0.717, 1.165) is 5.56 Å². The summed E-state index contributed by atoms with van der Waals surface area (Å²) >= 11 is 5.99. The second kappa shape index (κ2) is 8.89. The zero-order valence-electron chi connectivity index (χ0n) is 14.0. The summed E-state index contributed by atoms with van der Waals surface area (Å²) in [6, 6.07) is 12.2. The molecule has 25 heavy (non-hydrogen) atoms. The molecule has 0 unspecified atom stereocenters. The highest BCUT2D eigenvalue weighted by molar-refractivity contribution is 6.34. The van der Waals surface area contributed by atoms with Gasteiger partial charge in [0.15, 0.2) is 0 Å². The maximum atomic E-state index is 12.1. The Morgan fingerprint density at radius 1 is 1.20 bits per heavy atom. The number of carbonyl (C=O) groups excluding carboxylic acids is 2. The third-order valence-corrected chi connectivity index (χ3v) is 3.67. The molecule has 0 bridgehead atoms. The molecule has 0 radical (unpaired) electrons. The Morgan fingerprint density at radius 3 is 2.68 bits per heavy atom. The highest BCUT2D eigenvalue weighted by Gasteiger charge is 2.10. The van der Waals surface area contributed by atoms with E-state index in [1.165, 1.54) is 19.2 Å². The molecule has 6 heteroatoms. The van der Waals surface area contributed by atoms with Crippen molar-refractivity contribution in [1.82, 2.24) is 5.32 Å². The zero-order valence-corrected chi connectivity index (χ0v) is 14.8. The van der Waals surface area contributed by atoms with Crippen LogP contribution in [0.15, 0.2) is 48.5 Å². The molecule has 2 amide bonds. The Kier molecular flexibility index (Phi) is 6.60. The lowest BCUT2D eigenvalue weighted by Gasteiger charge is -2.08. The van der Waals surface area contributed by atoms with Crippen LogP contribution in [-0.2, 0) is 4.79 Å². The van der Waals surface area contributed by atoms with Gasteiger partial charge in [-0.1, -0.05) is 29.8 Å². The molecule has 0 atom stereocenters. The quantitative estimate of drug-likeness (QED) is 0.773. The summed E-state index contributed by atoms with van der Waals surface area (Å²) in [5, 5.41) is 5.53. The van der Waals surface area contributed by atoms with Gasteiger partial charge in [-0.25, -0.2) is 0 Å². The van der Waals surface area contributed by atoms with E-state index in [1.54, 1.807) is 18.2 Å². The molecule has 0 aliphatic rings. The molecule has 2 aromatic carbocycles. The number of benzene rings is 2. The average Bonchev–Trinajstić information content (AvgIpc) is 2.62. The monoisotopic (exact) mass is 358 g/mol. The molecule has 130 valence electrons. The van der Waals surface area contributed by atoms with Crippen LogP contribution in [0.3, 0.4) is 0 Å². The number of halogens is 1. The van der Waals surface area contributed by atoms with Gasteiger partial charge in [0.1, 0.15) is 5.75 Å². The predicted molar refractivity (Wildman–Crippen MR) is 100 cm³/mol. The summed E-state index contributed by atoms with van der Waals surface area (Å²) in [5.74, 6) is 0.0706. The lowest BCUT2D eigenvalue weighted by Crippen LogP contribution is -2.18. The molecular formula is C19H19ClN2O3. The van der Waals surface area contributed by atoms with Crippen LogP contribution >= 0.6 is 11.6 Å². The van der Waals surface area contributed by atoms with Crippen LogP contribution in [0.25, 0.3) is 6.08 Å². The smallest absolute Gasteiger partial charge is 0.252 e. The lowest BCUT2D eigenvalue weighted by atomic mass is 10.1. The van der Waals surface area contributed by atoms with E-state index >= 15 is 0 Å². The van der Waals surface area contributed by atoms with Crippen molar-refractivity contribution < 1.29 is 14.3 Å². The van der Waals surface area contributed by atoms with Crippen molar-refractivity contribution in [2.75, 3.05) is 19.0 Å². The van der Waals surface area contributed by atoms with Gasteiger partial charge in [0.25, 0.3) is 5.91 Å². The van der Waals surface area contributed by atoms with Crippen molar-refractivity contribution >= 4 is 35.2 Å². The third-order valence-electron chi connectivity index (χ3n) is 3.34. The van der Waals surface area contributed by atoms with Gasteiger partial charge in [-0.3, -0.25) is 9.59 Å². The number of rotatable bonds is 6. The van der Waals surface area contributed by atoms with Crippen LogP contribution in [-0.4, -0.2) is 25.5 Å². The largest absolute Gasteiger partial charge is 0.493 e. The van der Waals surface area contributed by atoms with Gasteiger partial charge in [-0.15, -0.1) is 0 Å². The van der Waals surface area contributed by atoms with Crippen molar-refractivity contribution in [3.05, 3.63) is 64.7 Å². The Morgan fingerprint density at radius 2 is 1.96 bits per heavy atom. The molecule has 0 aromatic heterocycles. The van der Waals surface area contributed by atoms with Gasteiger partial charge in [-0.2, -0.15) is 0 Å².